The Kier molecular flexibility index (Phi) is 3.07. The fourth-order valence-electron chi connectivity index (χ4n) is 1.42. The van der Waals surface area contributed by atoms with Gasteiger partial charge in [0, 0.05) is 0 Å². The summed E-state index contributed by atoms with van der Waals surface area (Å²) in [6, 6.07) is 0. The zero-order valence-electron chi connectivity index (χ0n) is 8.78. The van der Waals surface area contributed by atoms with E-state index in [1.54, 1.807) is 6.92 Å². The van der Waals surface area contributed by atoms with Crippen molar-refractivity contribution in [2.75, 3.05) is 6.61 Å². The first kappa shape index (κ1) is 11.3. The highest BCUT2D eigenvalue weighted by Crippen LogP contribution is 2.33. The highest BCUT2D eigenvalue weighted by molar-refractivity contribution is 7.20. The van der Waals surface area contributed by atoms with Crippen LogP contribution in [-0.4, -0.2) is 22.5 Å². The third kappa shape index (κ3) is 1.76. The molecule has 0 aliphatic heterocycles. The number of thiophene rings is 1. The number of nitrogens with zero attached hydrogens (tertiary/aromatic N) is 2. The lowest BCUT2D eigenvalue weighted by Crippen LogP contribution is -2.03. The molecule has 84 valence electrons. The van der Waals surface area contributed by atoms with Gasteiger partial charge in [0.15, 0.2) is 0 Å². The molecule has 0 saturated heterocycles. The maximum Gasteiger partial charge on any atom is 0.348 e. The maximum absolute atomic E-state index is 11.6. The van der Waals surface area contributed by atoms with E-state index >= 15 is 0 Å². The Hall–Kier alpha value is -1.20. The van der Waals surface area contributed by atoms with E-state index in [-0.39, 0.29) is 5.97 Å². The maximum atomic E-state index is 11.6. The summed E-state index contributed by atoms with van der Waals surface area (Å²) in [5.74, 6) is -0.334. The van der Waals surface area contributed by atoms with Crippen LogP contribution in [0.3, 0.4) is 0 Å². The van der Waals surface area contributed by atoms with E-state index in [2.05, 4.69) is 9.97 Å². The summed E-state index contributed by atoms with van der Waals surface area (Å²) < 4.78 is 4.96. The predicted octanol–water partition coefficient (Wildman–Crippen LogP) is 2.83. The van der Waals surface area contributed by atoms with Crippen molar-refractivity contribution in [1.82, 2.24) is 9.97 Å². The van der Waals surface area contributed by atoms with Crippen molar-refractivity contribution in [3.8, 4) is 0 Å². The Bertz CT molecular complexity index is 553. The van der Waals surface area contributed by atoms with Gasteiger partial charge >= 0.3 is 5.97 Å². The molecule has 0 radical (unpaired) electrons. The van der Waals surface area contributed by atoms with Crippen LogP contribution in [0, 0.1) is 6.92 Å². The van der Waals surface area contributed by atoms with Gasteiger partial charge in [-0.3, -0.25) is 0 Å². The highest BCUT2D eigenvalue weighted by atomic mass is 35.5. The molecule has 2 rings (SSSR count). The van der Waals surface area contributed by atoms with Gasteiger partial charge in [0.1, 0.15) is 21.2 Å². The van der Waals surface area contributed by atoms with E-state index in [0.29, 0.717) is 21.5 Å². The van der Waals surface area contributed by atoms with Crippen LogP contribution in [0.1, 0.15) is 22.2 Å². The number of carbonyl (C=O) groups is 1. The first-order valence-corrected chi connectivity index (χ1v) is 5.91. The number of ether oxygens (including phenoxy) is 1. The molecule has 0 aliphatic carbocycles. The van der Waals surface area contributed by atoms with Gasteiger partial charge in [-0.05, 0) is 19.4 Å². The van der Waals surface area contributed by atoms with Gasteiger partial charge in [-0.2, -0.15) is 0 Å². The largest absolute Gasteiger partial charge is 0.462 e. The molecule has 0 bridgehead atoms. The lowest BCUT2D eigenvalue weighted by atomic mass is 10.2. The van der Waals surface area contributed by atoms with Crippen molar-refractivity contribution < 1.29 is 9.53 Å². The summed E-state index contributed by atoms with van der Waals surface area (Å²) in [4.78, 5) is 20.9. The molecule has 0 spiro atoms. The Balaban J connectivity index is 2.61. The van der Waals surface area contributed by atoms with Gasteiger partial charge in [-0.15, -0.1) is 11.3 Å². The molecule has 2 aromatic rings. The minimum Gasteiger partial charge on any atom is -0.462 e. The number of hydrogen-bond donors (Lipinski definition) is 0. The van der Waals surface area contributed by atoms with Crippen LogP contribution in [0.15, 0.2) is 6.33 Å². The number of esters is 1. The molecule has 4 nitrogen and oxygen atoms in total. The van der Waals surface area contributed by atoms with Crippen LogP contribution in [0.25, 0.3) is 10.2 Å². The van der Waals surface area contributed by atoms with Gasteiger partial charge in [-0.25, -0.2) is 14.8 Å². The van der Waals surface area contributed by atoms with E-state index in [1.165, 1.54) is 17.7 Å². The van der Waals surface area contributed by atoms with Crippen LogP contribution >= 0.6 is 22.9 Å². The minimum absolute atomic E-state index is 0.334. The first-order valence-electron chi connectivity index (χ1n) is 4.71. The van der Waals surface area contributed by atoms with E-state index in [4.69, 9.17) is 16.3 Å². The van der Waals surface area contributed by atoms with Crippen molar-refractivity contribution in [2.45, 2.75) is 13.8 Å². The fourth-order valence-corrected chi connectivity index (χ4v) is 2.79. The van der Waals surface area contributed by atoms with Crippen molar-refractivity contribution in [2.24, 2.45) is 0 Å². The summed E-state index contributed by atoms with van der Waals surface area (Å²) in [6.07, 6.45) is 1.38. The van der Waals surface area contributed by atoms with Crippen LogP contribution in [0.5, 0.6) is 0 Å². The molecule has 0 aliphatic rings. The molecule has 0 N–H and O–H groups in total. The van der Waals surface area contributed by atoms with E-state index < -0.39 is 0 Å². The van der Waals surface area contributed by atoms with Gasteiger partial charge in [-0.1, -0.05) is 11.6 Å². The van der Waals surface area contributed by atoms with Gasteiger partial charge in [0.2, 0.25) is 0 Å². The predicted molar refractivity (Wildman–Crippen MR) is 63.1 cm³/mol. The molecule has 0 unspecified atom stereocenters. The number of aromatic nitrogens is 2. The van der Waals surface area contributed by atoms with Gasteiger partial charge < -0.3 is 4.74 Å². The average Bonchev–Trinajstić information content (AvgIpc) is 2.58. The summed E-state index contributed by atoms with van der Waals surface area (Å²) in [5, 5.41) is 1.10. The van der Waals surface area contributed by atoms with Crippen molar-refractivity contribution in [3.63, 3.8) is 0 Å². The summed E-state index contributed by atoms with van der Waals surface area (Å²) in [6.45, 7) is 3.94. The lowest BCUT2D eigenvalue weighted by molar-refractivity contribution is 0.0531. The fraction of sp³-hybridized carbons (Fsp3) is 0.300. The minimum atomic E-state index is -0.334. The quantitative estimate of drug-likeness (QED) is 0.612. The van der Waals surface area contributed by atoms with Crippen molar-refractivity contribution >= 4 is 39.1 Å². The molecule has 16 heavy (non-hydrogen) atoms. The summed E-state index contributed by atoms with van der Waals surface area (Å²) in [5.41, 5.74) is 0.782. The summed E-state index contributed by atoms with van der Waals surface area (Å²) >= 11 is 7.24. The van der Waals surface area contributed by atoms with Crippen LogP contribution in [-0.2, 0) is 4.74 Å². The van der Waals surface area contributed by atoms with Crippen LogP contribution in [0.4, 0.5) is 0 Å². The molecule has 0 fully saturated rings. The monoisotopic (exact) mass is 256 g/mol. The van der Waals surface area contributed by atoms with Crippen molar-refractivity contribution in [3.05, 3.63) is 21.9 Å². The Morgan fingerprint density at radius 2 is 2.31 bits per heavy atom. The van der Waals surface area contributed by atoms with Crippen molar-refractivity contribution in [1.29, 1.82) is 0 Å². The zero-order valence-corrected chi connectivity index (χ0v) is 10.4. The van der Waals surface area contributed by atoms with Gasteiger partial charge in [0.25, 0.3) is 0 Å². The second-order valence-electron chi connectivity index (χ2n) is 3.12. The van der Waals surface area contributed by atoms with E-state index in [0.717, 1.165) is 10.9 Å². The molecule has 2 heterocycles. The second kappa shape index (κ2) is 4.35. The average molecular weight is 257 g/mol. The number of rotatable bonds is 2. The Morgan fingerprint density at radius 3 is 2.94 bits per heavy atom. The first-order chi connectivity index (χ1) is 7.65. The summed E-state index contributed by atoms with van der Waals surface area (Å²) in [7, 11) is 0. The van der Waals surface area contributed by atoms with Crippen LogP contribution < -0.4 is 0 Å². The number of halogens is 1. The third-order valence-corrected chi connectivity index (χ3v) is 3.61. The van der Waals surface area contributed by atoms with Crippen LogP contribution in [0.2, 0.25) is 5.15 Å². The molecular weight excluding hydrogens is 248 g/mol. The molecule has 0 atom stereocenters. The van der Waals surface area contributed by atoms with E-state index in [9.17, 15) is 4.79 Å². The Morgan fingerprint density at radius 1 is 1.56 bits per heavy atom. The molecule has 0 aromatic carbocycles. The molecule has 2 aromatic heterocycles. The molecule has 6 heteroatoms. The second-order valence-corrected chi connectivity index (χ2v) is 4.48. The Labute approximate surface area is 101 Å². The van der Waals surface area contributed by atoms with E-state index in [1.807, 2.05) is 6.92 Å². The number of fused-ring (bicyclic) bond motifs is 1. The smallest absolute Gasteiger partial charge is 0.348 e. The normalized spacial score (nSPS) is 10.7. The SMILES string of the molecule is CCOC(=O)c1sc2ncnc(Cl)c2c1C. The molecular formula is C10H9ClN2O2S. The van der Waals surface area contributed by atoms with Gasteiger partial charge in [0.05, 0.1) is 12.0 Å². The standard InChI is InChI=1S/C10H9ClN2O2S/c1-3-15-10(14)7-5(2)6-8(11)12-4-13-9(6)16-7/h4H,3H2,1-2H3. The number of hydrogen-bond acceptors (Lipinski definition) is 5. The number of aryl methyl sites for hydroxylation is 1. The molecule has 0 amide bonds. The highest BCUT2D eigenvalue weighted by Gasteiger charge is 2.19. The topological polar surface area (TPSA) is 52.1 Å². The molecule has 0 saturated carbocycles. The third-order valence-electron chi connectivity index (χ3n) is 2.14. The lowest BCUT2D eigenvalue weighted by Gasteiger charge is -1.99. The number of carbonyl (C=O) groups excluding carboxylic acids is 1. The zero-order chi connectivity index (χ0) is 11.7.